The van der Waals surface area contributed by atoms with Crippen LogP contribution in [0.3, 0.4) is 0 Å². The Hall–Kier alpha value is -0.273. The first-order valence-corrected chi connectivity index (χ1v) is 11.8. The fourth-order valence-corrected chi connectivity index (χ4v) is 3.40. The minimum absolute atomic E-state index is 0.0277. The maximum Gasteiger partial charge on any atom is 0.192 e. The van der Waals surface area contributed by atoms with Crippen molar-refractivity contribution in [1.29, 1.82) is 0 Å². The highest BCUT2D eigenvalue weighted by Crippen LogP contribution is 2.38. The lowest BCUT2D eigenvalue weighted by atomic mass is 9.98. The molecule has 1 N–H and O–H groups in total. The van der Waals surface area contributed by atoms with Crippen LogP contribution in [-0.2, 0) is 18.7 Å². The van der Waals surface area contributed by atoms with Crippen LogP contribution in [0.2, 0.25) is 18.1 Å². The average molecular weight is 361 g/mol. The highest BCUT2D eigenvalue weighted by atomic mass is 28.4. The van der Waals surface area contributed by atoms with Gasteiger partial charge < -0.3 is 19.0 Å². The van der Waals surface area contributed by atoms with Crippen molar-refractivity contribution in [3.05, 3.63) is 0 Å². The number of carbonyl (C=O) groups is 1. The van der Waals surface area contributed by atoms with Crippen molar-refractivity contribution in [1.82, 2.24) is 0 Å². The minimum atomic E-state index is -1.92. The lowest BCUT2D eigenvalue weighted by Crippen LogP contribution is -2.46. The SMILES string of the molecule is CC(C)C(=O)C[C@H](O)[C@@H]1OC(C)(C)O[C@H]1CO[Si](C)(C)C(C)(C)C. The number of carbonyl (C=O) groups excluding carboxylic acids is 1. The molecule has 3 atom stereocenters. The Morgan fingerprint density at radius 1 is 1.25 bits per heavy atom. The Balaban J connectivity index is 2.78. The second-order valence-corrected chi connectivity index (χ2v) is 13.9. The minimum Gasteiger partial charge on any atom is -0.414 e. The van der Waals surface area contributed by atoms with Crippen molar-refractivity contribution in [2.75, 3.05) is 6.61 Å². The van der Waals surface area contributed by atoms with Crippen LogP contribution in [0.4, 0.5) is 0 Å². The van der Waals surface area contributed by atoms with Gasteiger partial charge in [-0.1, -0.05) is 34.6 Å². The van der Waals surface area contributed by atoms with E-state index in [0.717, 1.165) is 0 Å². The van der Waals surface area contributed by atoms with Gasteiger partial charge in [-0.2, -0.15) is 0 Å². The Morgan fingerprint density at radius 2 is 1.79 bits per heavy atom. The third kappa shape index (κ3) is 5.63. The summed E-state index contributed by atoms with van der Waals surface area (Å²) in [4.78, 5) is 11.9. The summed E-state index contributed by atoms with van der Waals surface area (Å²) >= 11 is 0. The molecule has 142 valence electrons. The molecule has 0 saturated carbocycles. The van der Waals surface area contributed by atoms with Gasteiger partial charge in [-0.25, -0.2) is 0 Å². The van der Waals surface area contributed by atoms with Crippen molar-refractivity contribution in [2.45, 2.75) is 97.1 Å². The zero-order chi connectivity index (χ0) is 18.9. The predicted molar refractivity (Wildman–Crippen MR) is 97.4 cm³/mol. The van der Waals surface area contributed by atoms with Gasteiger partial charge in [-0.05, 0) is 32.0 Å². The second-order valence-electron chi connectivity index (χ2n) is 9.10. The van der Waals surface area contributed by atoms with E-state index in [9.17, 15) is 9.90 Å². The van der Waals surface area contributed by atoms with Crippen molar-refractivity contribution in [3.8, 4) is 0 Å². The molecule has 1 aliphatic heterocycles. The van der Waals surface area contributed by atoms with Crippen molar-refractivity contribution < 1.29 is 23.8 Å². The summed E-state index contributed by atoms with van der Waals surface area (Å²) in [6, 6.07) is 0. The van der Waals surface area contributed by atoms with Gasteiger partial charge in [0.1, 0.15) is 18.0 Å². The van der Waals surface area contributed by atoms with E-state index >= 15 is 0 Å². The first kappa shape index (κ1) is 21.8. The van der Waals surface area contributed by atoms with Crippen molar-refractivity contribution in [2.24, 2.45) is 5.92 Å². The number of hydrogen-bond acceptors (Lipinski definition) is 5. The molecule has 0 spiro atoms. The van der Waals surface area contributed by atoms with Crippen LogP contribution < -0.4 is 0 Å². The molecule has 1 rings (SSSR count). The Morgan fingerprint density at radius 3 is 2.25 bits per heavy atom. The van der Waals surface area contributed by atoms with Gasteiger partial charge in [0, 0.05) is 12.3 Å². The maximum atomic E-state index is 11.9. The van der Waals surface area contributed by atoms with E-state index < -0.39 is 26.3 Å². The lowest BCUT2D eigenvalue weighted by molar-refractivity contribution is -0.158. The number of ketones is 1. The van der Waals surface area contributed by atoms with E-state index in [-0.39, 0.29) is 29.3 Å². The van der Waals surface area contributed by atoms with Crippen LogP contribution in [0.1, 0.15) is 54.9 Å². The number of hydrogen-bond donors (Lipinski definition) is 1. The molecule has 1 fully saturated rings. The molecule has 1 heterocycles. The van der Waals surface area contributed by atoms with E-state index in [2.05, 4.69) is 33.9 Å². The molecule has 0 radical (unpaired) electrons. The van der Waals surface area contributed by atoms with Crippen LogP contribution in [0.5, 0.6) is 0 Å². The normalized spacial score (nSPS) is 26.0. The average Bonchev–Trinajstić information content (AvgIpc) is 2.70. The first-order valence-electron chi connectivity index (χ1n) is 8.86. The van der Waals surface area contributed by atoms with E-state index in [0.29, 0.717) is 6.61 Å². The highest BCUT2D eigenvalue weighted by molar-refractivity contribution is 6.74. The second kappa shape index (κ2) is 7.54. The molecule has 6 heteroatoms. The number of rotatable bonds is 7. The maximum absolute atomic E-state index is 11.9. The van der Waals surface area contributed by atoms with Gasteiger partial charge in [0.15, 0.2) is 14.1 Å². The van der Waals surface area contributed by atoms with Gasteiger partial charge >= 0.3 is 0 Å². The summed E-state index contributed by atoms with van der Waals surface area (Å²) in [6.45, 7) is 18.6. The Labute approximate surface area is 148 Å². The monoisotopic (exact) mass is 360 g/mol. The number of ether oxygens (including phenoxy) is 2. The fraction of sp³-hybridized carbons (Fsp3) is 0.944. The van der Waals surface area contributed by atoms with E-state index in [1.807, 2.05) is 27.7 Å². The Bertz CT molecular complexity index is 439. The Kier molecular flexibility index (Phi) is 6.84. The molecule has 0 bridgehead atoms. The molecule has 1 aliphatic rings. The van der Waals surface area contributed by atoms with Crippen molar-refractivity contribution in [3.63, 3.8) is 0 Å². The van der Waals surface area contributed by atoms with Crippen LogP contribution >= 0.6 is 0 Å². The number of aliphatic hydroxyl groups is 1. The summed E-state index contributed by atoms with van der Waals surface area (Å²) < 4.78 is 18.0. The van der Waals surface area contributed by atoms with Gasteiger partial charge in [-0.15, -0.1) is 0 Å². The van der Waals surface area contributed by atoms with E-state index in [1.54, 1.807) is 0 Å². The van der Waals surface area contributed by atoms with Crippen LogP contribution in [0.25, 0.3) is 0 Å². The molecule has 1 saturated heterocycles. The zero-order valence-electron chi connectivity index (χ0n) is 16.8. The molecular weight excluding hydrogens is 324 g/mol. The molecule has 0 aromatic rings. The zero-order valence-corrected chi connectivity index (χ0v) is 17.8. The standard InChI is InChI=1S/C18H36O5Si/c1-12(2)13(19)10-14(20)16-15(22-18(6,7)23-16)11-21-24(8,9)17(3,4)5/h12,14-16,20H,10-11H2,1-9H3/t14-,15-,16-/m0/s1. The molecule has 5 nitrogen and oxygen atoms in total. The summed E-state index contributed by atoms with van der Waals surface area (Å²) in [7, 11) is -1.92. The smallest absolute Gasteiger partial charge is 0.192 e. The number of aliphatic hydroxyl groups excluding tert-OH is 1. The first-order chi connectivity index (χ1) is 10.7. The topological polar surface area (TPSA) is 65.0 Å². The van der Waals surface area contributed by atoms with E-state index in [4.69, 9.17) is 13.9 Å². The third-order valence-electron chi connectivity index (χ3n) is 5.07. The molecule has 0 aliphatic carbocycles. The summed E-state index contributed by atoms with van der Waals surface area (Å²) in [5, 5.41) is 10.6. The van der Waals surface area contributed by atoms with Crippen LogP contribution in [0, 0.1) is 5.92 Å². The van der Waals surface area contributed by atoms with Gasteiger partial charge in [0.2, 0.25) is 0 Å². The van der Waals surface area contributed by atoms with E-state index in [1.165, 1.54) is 0 Å². The summed E-state index contributed by atoms with van der Waals surface area (Å²) in [5.41, 5.74) is 0. The predicted octanol–water partition coefficient (Wildman–Crippen LogP) is 3.50. The van der Waals surface area contributed by atoms with Gasteiger partial charge in [0.05, 0.1) is 12.7 Å². The molecule has 24 heavy (non-hydrogen) atoms. The number of Topliss-reactive ketones (excluding diaryl/α,β-unsaturated/α-hetero) is 1. The van der Waals surface area contributed by atoms with Crippen LogP contribution in [-0.4, -0.2) is 49.9 Å². The molecule has 0 aromatic carbocycles. The van der Waals surface area contributed by atoms with Crippen molar-refractivity contribution >= 4 is 14.1 Å². The third-order valence-corrected chi connectivity index (χ3v) is 9.57. The quantitative estimate of drug-likeness (QED) is 0.704. The lowest BCUT2D eigenvalue weighted by Gasteiger charge is -2.37. The summed E-state index contributed by atoms with van der Waals surface area (Å²) in [6.07, 6.45) is -1.72. The highest BCUT2D eigenvalue weighted by Gasteiger charge is 2.47. The van der Waals surface area contributed by atoms with Crippen LogP contribution in [0.15, 0.2) is 0 Å². The molecule has 0 amide bonds. The summed E-state index contributed by atoms with van der Waals surface area (Å²) in [5.74, 6) is -0.856. The van der Waals surface area contributed by atoms with Gasteiger partial charge in [-0.3, -0.25) is 4.79 Å². The molecule has 0 aromatic heterocycles. The molecule has 0 unspecified atom stereocenters. The largest absolute Gasteiger partial charge is 0.414 e. The molecular formula is C18H36O5Si. The fourth-order valence-electron chi connectivity index (χ4n) is 2.38. The van der Waals surface area contributed by atoms with Gasteiger partial charge in [0.25, 0.3) is 0 Å².